The molecular formula is C22H24ClN5O2. The highest BCUT2D eigenvalue weighted by Crippen LogP contribution is 2.21. The van der Waals surface area contributed by atoms with Crippen LogP contribution in [0.2, 0.25) is 5.02 Å². The molecule has 0 radical (unpaired) electrons. The van der Waals surface area contributed by atoms with Gasteiger partial charge in [0.1, 0.15) is 0 Å². The van der Waals surface area contributed by atoms with E-state index in [-0.39, 0.29) is 11.6 Å². The van der Waals surface area contributed by atoms with Crippen LogP contribution in [0.5, 0.6) is 0 Å². The molecule has 1 aliphatic rings. The van der Waals surface area contributed by atoms with Crippen LogP contribution in [0.15, 0.2) is 47.3 Å². The highest BCUT2D eigenvalue weighted by Gasteiger charge is 2.25. The van der Waals surface area contributed by atoms with Gasteiger partial charge < -0.3 is 19.7 Å². The molecule has 156 valence electrons. The Kier molecular flexibility index (Phi) is 5.63. The molecule has 0 atom stereocenters. The number of nitrogens with zero attached hydrogens (tertiary/aromatic N) is 4. The lowest BCUT2D eigenvalue weighted by molar-refractivity contribution is 0.208. The van der Waals surface area contributed by atoms with Crippen LogP contribution in [0.4, 0.5) is 16.3 Å². The average molecular weight is 426 g/mol. The topological polar surface area (TPSA) is 70.5 Å². The minimum atomic E-state index is -0.169. The molecule has 1 N–H and O–H groups in total. The lowest BCUT2D eigenvalue weighted by Crippen LogP contribution is -2.51. The lowest BCUT2D eigenvalue weighted by atomic mass is 10.2. The molecular weight excluding hydrogens is 402 g/mol. The summed E-state index contributed by atoms with van der Waals surface area (Å²) < 4.78 is 1.75. The molecule has 7 nitrogen and oxygen atoms in total. The number of carbonyl (C=O) groups excluding carboxylic acids is 1. The van der Waals surface area contributed by atoms with Gasteiger partial charge in [-0.1, -0.05) is 29.8 Å². The molecule has 0 aliphatic carbocycles. The molecule has 1 fully saturated rings. The molecule has 1 aliphatic heterocycles. The number of para-hydroxylation sites is 2. The molecule has 1 aromatic heterocycles. The largest absolute Gasteiger partial charge is 0.348 e. The number of anilines is 2. The van der Waals surface area contributed by atoms with Crippen molar-refractivity contribution in [3.05, 3.63) is 63.4 Å². The Bertz CT molecular complexity index is 1150. The van der Waals surface area contributed by atoms with Gasteiger partial charge in [-0.25, -0.2) is 9.78 Å². The molecule has 8 heteroatoms. The molecule has 2 aromatic carbocycles. The van der Waals surface area contributed by atoms with Crippen LogP contribution in [-0.4, -0.2) is 46.7 Å². The summed E-state index contributed by atoms with van der Waals surface area (Å²) >= 11 is 6.04. The molecule has 4 rings (SSSR count). The summed E-state index contributed by atoms with van der Waals surface area (Å²) in [6.45, 7) is 6.57. The van der Waals surface area contributed by atoms with E-state index in [4.69, 9.17) is 11.6 Å². The van der Waals surface area contributed by atoms with Crippen LogP contribution < -0.4 is 15.8 Å². The van der Waals surface area contributed by atoms with E-state index in [0.717, 1.165) is 16.6 Å². The first-order chi connectivity index (χ1) is 14.5. The maximum Gasteiger partial charge on any atom is 0.321 e. The van der Waals surface area contributed by atoms with Crippen molar-refractivity contribution in [1.82, 2.24) is 14.5 Å². The number of benzene rings is 2. The number of piperazine rings is 1. The summed E-state index contributed by atoms with van der Waals surface area (Å²) in [4.78, 5) is 34.0. The number of fused-ring (bicyclic) bond motifs is 1. The van der Waals surface area contributed by atoms with E-state index in [1.54, 1.807) is 21.6 Å². The zero-order valence-electron chi connectivity index (χ0n) is 17.1. The van der Waals surface area contributed by atoms with Crippen LogP contribution in [0, 0.1) is 6.92 Å². The number of carbonyl (C=O) groups is 1. The maximum absolute atomic E-state index is 13.0. The normalized spacial score (nSPS) is 14.2. The number of hydrogen-bond donors (Lipinski definition) is 1. The number of aromatic nitrogens is 2. The molecule has 0 saturated carbocycles. The van der Waals surface area contributed by atoms with Crippen molar-refractivity contribution < 1.29 is 4.79 Å². The molecule has 0 unspecified atom stereocenters. The maximum atomic E-state index is 13.0. The van der Waals surface area contributed by atoms with Crippen molar-refractivity contribution in [2.24, 2.45) is 0 Å². The van der Waals surface area contributed by atoms with Gasteiger partial charge in [0.15, 0.2) is 5.82 Å². The Morgan fingerprint density at radius 1 is 1.13 bits per heavy atom. The quantitative estimate of drug-likeness (QED) is 0.694. The van der Waals surface area contributed by atoms with Crippen molar-refractivity contribution in [1.29, 1.82) is 0 Å². The third kappa shape index (κ3) is 3.85. The van der Waals surface area contributed by atoms with E-state index in [9.17, 15) is 9.59 Å². The summed E-state index contributed by atoms with van der Waals surface area (Å²) in [7, 11) is 0. The van der Waals surface area contributed by atoms with Gasteiger partial charge in [0.25, 0.3) is 5.56 Å². The minimum Gasteiger partial charge on any atom is -0.348 e. The smallest absolute Gasteiger partial charge is 0.321 e. The highest BCUT2D eigenvalue weighted by atomic mass is 35.5. The predicted molar refractivity (Wildman–Crippen MR) is 121 cm³/mol. The van der Waals surface area contributed by atoms with E-state index in [1.165, 1.54) is 0 Å². The Morgan fingerprint density at radius 3 is 2.60 bits per heavy atom. The zero-order chi connectivity index (χ0) is 21.3. The predicted octanol–water partition coefficient (Wildman–Crippen LogP) is 3.73. The van der Waals surface area contributed by atoms with Gasteiger partial charge in [-0.2, -0.15) is 0 Å². The Morgan fingerprint density at radius 2 is 1.87 bits per heavy atom. The second-order valence-electron chi connectivity index (χ2n) is 7.34. The van der Waals surface area contributed by atoms with Crippen molar-refractivity contribution in [3.8, 4) is 0 Å². The number of hydrogen-bond acceptors (Lipinski definition) is 4. The zero-order valence-corrected chi connectivity index (χ0v) is 17.8. The summed E-state index contributed by atoms with van der Waals surface area (Å²) in [5.41, 5.74) is 3.20. The number of amides is 2. The fraction of sp³-hybridized carbons (Fsp3) is 0.318. The van der Waals surface area contributed by atoms with Crippen LogP contribution in [-0.2, 0) is 6.54 Å². The summed E-state index contributed by atoms with van der Waals surface area (Å²) in [5, 5.41) is 3.51. The van der Waals surface area contributed by atoms with Crippen LogP contribution in [0.3, 0.4) is 0 Å². The standard InChI is InChI=1S/C22H24ClN5O2/c1-3-28-19-7-5-4-6-17(19)24-20(21(28)29)26-10-12-27(13-11-26)22(30)25-18-14-16(23)9-8-15(18)2/h4-9,14H,3,10-13H2,1-2H3,(H,25,30). The second kappa shape index (κ2) is 8.36. The van der Waals surface area contributed by atoms with Crippen molar-refractivity contribution in [2.45, 2.75) is 20.4 Å². The van der Waals surface area contributed by atoms with E-state index >= 15 is 0 Å². The summed E-state index contributed by atoms with van der Waals surface area (Å²) in [6, 6.07) is 12.9. The molecule has 3 aromatic rings. The third-order valence-corrected chi connectivity index (χ3v) is 5.69. The fourth-order valence-corrected chi connectivity index (χ4v) is 3.92. The van der Waals surface area contributed by atoms with Crippen molar-refractivity contribution in [3.63, 3.8) is 0 Å². The first kappa shape index (κ1) is 20.2. The molecule has 1 saturated heterocycles. The number of urea groups is 1. The van der Waals surface area contributed by atoms with E-state index in [1.807, 2.05) is 49.1 Å². The molecule has 2 amide bonds. The number of aryl methyl sites for hydroxylation is 2. The van der Waals surface area contributed by atoms with Crippen LogP contribution >= 0.6 is 11.6 Å². The molecule has 0 bridgehead atoms. The SMILES string of the molecule is CCn1c(=O)c(N2CCN(C(=O)Nc3cc(Cl)ccc3C)CC2)nc2ccccc21. The molecule has 30 heavy (non-hydrogen) atoms. The Hall–Kier alpha value is -3.06. The number of halogens is 1. The van der Waals surface area contributed by atoms with Gasteiger partial charge >= 0.3 is 6.03 Å². The van der Waals surface area contributed by atoms with Crippen LogP contribution in [0.25, 0.3) is 11.0 Å². The summed E-state index contributed by atoms with van der Waals surface area (Å²) in [6.07, 6.45) is 0. The van der Waals surface area contributed by atoms with Gasteiger partial charge in [-0.3, -0.25) is 4.79 Å². The van der Waals surface area contributed by atoms with E-state index < -0.39 is 0 Å². The lowest BCUT2D eigenvalue weighted by Gasteiger charge is -2.35. The fourth-order valence-electron chi connectivity index (χ4n) is 3.74. The van der Waals surface area contributed by atoms with Gasteiger partial charge in [0.2, 0.25) is 0 Å². The molecule has 2 heterocycles. The first-order valence-electron chi connectivity index (χ1n) is 10.0. The van der Waals surface area contributed by atoms with Gasteiger partial charge in [0, 0.05) is 43.4 Å². The van der Waals surface area contributed by atoms with E-state index in [2.05, 4.69) is 10.3 Å². The Labute approximate surface area is 179 Å². The van der Waals surface area contributed by atoms with E-state index in [0.29, 0.717) is 49.3 Å². The van der Waals surface area contributed by atoms with Crippen molar-refractivity contribution >= 4 is 40.2 Å². The Balaban J connectivity index is 1.50. The van der Waals surface area contributed by atoms with Crippen LogP contribution in [0.1, 0.15) is 12.5 Å². The third-order valence-electron chi connectivity index (χ3n) is 5.46. The van der Waals surface area contributed by atoms with Gasteiger partial charge in [0.05, 0.1) is 11.0 Å². The number of rotatable bonds is 3. The minimum absolute atomic E-state index is 0.0938. The second-order valence-corrected chi connectivity index (χ2v) is 7.77. The number of nitrogens with one attached hydrogen (secondary N) is 1. The first-order valence-corrected chi connectivity index (χ1v) is 10.4. The van der Waals surface area contributed by atoms with Crippen molar-refractivity contribution in [2.75, 3.05) is 36.4 Å². The molecule has 0 spiro atoms. The van der Waals surface area contributed by atoms with Gasteiger partial charge in [-0.05, 0) is 43.7 Å². The highest BCUT2D eigenvalue weighted by molar-refractivity contribution is 6.31. The monoisotopic (exact) mass is 425 g/mol. The van der Waals surface area contributed by atoms with Gasteiger partial charge in [-0.15, -0.1) is 0 Å². The average Bonchev–Trinajstić information content (AvgIpc) is 2.76. The summed E-state index contributed by atoms with van der Waals surface area (Å²) in [5.74, 6) is 0.446.